The number of aromatic nitrogens is 1. The lowest BCUT2D eigenvalue weighted by Gasteiger charge is -2.02. The molecular formula is C11H9BrN2OS. The summed E-state index contributed by atoms with van der Waals surface area (Å²) in [7, 11) is 0. The van der Waals surface area contributed by atoms with Crippen LogP contribution >= 0.6 is 27.3 Å². The number of ketones is 1. The second-order valence-corrected chi connectivity index (χ2v) is 5.09. The summed E-state index contributed by atoms with van der Waals surface area (Å²) >= 11 is 4.93. The van der Waals surface area contributed by atoms with Gasteiger partial charge in [0.2, 0.25) is 0 Å². The second kappa shape index (κ2) is 4.76. The molecule has 2 N–H and O–H groups in total. The second-order valence-electron chi connectivity index (χ2n) is 3.23. The Hall–Kier alpha value is -1.20. The molecule has 0 amide bonds. The molecule has 0 unspecified atom stereocenters. The summed E-state index contributed by atoms with van der Waals surface area (Å²) in [6.07, 6.45) is 1.91. The molecule has 0 saturated heterocycles. The average molecular weight is 297 g/mol. The lowest BCUT2D eigenvalue weighted by atomic mass is 10.1. The van der Waals surface area contributed by atoms with E-state index in [1.54, 1.807) is 29.7 Å². The molecule has 16 heavy (non-hydrogen) atoms. The maximum atomic E-state index is 11.9. The van der Waals surface area contributed by atoms with Gasteiger partial charge in [0.15, 0.2) is 5.78 Å². The fourth-order valence-electron chi connectivity index (χ4n) is 1.33. The minimum atomic E-state index is -0.0544. The van der Waals surface area contributed by atoms with Crippen molar-refractivity contribution in [2.24, 2.45) is 0 Å². The molecule has 0 aliphatic carbocycles. The molecule has 2 rings (SSSR count). The first kappa shape index (κ1) is 11.3. The van der Waals surface area contributed by atoms with Crippen LogP contribution in [0.15, 0.2) is 34.2 Å². The van der Waals surface area contributed by atoms with Gasteiger partial charge in [-0.05, 0) is 39.5 Å². The number of pyridine rings is 1. The van der Waals surface area contributed by atoms with E-state index in [1.807, 2.05) is 11.4 Å². The summed E-state index contributed by atoms with van der Waals surface area (Å²) in [6, 6.07) is 5.33. The molecule has 0 spiro atoms. The zero-order valence-corrected chi connectivity index (χ0v) is 10.7. The smallest absolute Gasteiger partial charge is 0.188 e. The minimum absolute atomic E-state index is 0.0544. The Labute approximate surface area is 105 Å². The van der Waals surface area contributed by atoms with Crippen molar-refractivity contribution < 1.29 is 4.79 Å². The van der Waals surface area contributed by atoms with Gasteiger partial charge in [0, 0.05) is 22.0 Å². The van der Waals surface area contributed by atoms with Crippen molar-refractivity contribution in [1.29, 1.82) is 0 Å². The third-order valence-electron chi connectivity index (χ3n) is 2.12. The summed E-state index contributed by atoms with van der Waals surface area (Å²) in [6.45, 7) is 0. The fourth-order valence-corrected chi connectivity index (χ4v) is 2.82. The van der Waals surface area contributed by atoms with E-state index in [4.69, 9.17) is 5.73 Å². The SMILES string of the molecule is Nc1cccnc1C(=O)Cc1sccc1Br. The Morgan fingerprint density at radius 2 is 2.31 bits per heavy atom. The van der Waals surface area contributed by atoms with Crippen molar-refractivity contribution in [1.82, 2.24) is 4.98 Å². The maximum Gasteiger partial charge on any atom is 0.188 e. The molecule has 82 valence electrons. The highest BCUT2D eigenvalue weighted by Gasteiger charge is 2.13. The van der Waals surface area contributed by atoms with Crippen molar-refractivity contribution >= 4 is 38.7 Å². The molecule has 0 atom stereocenters. The van der Waals surface area contributed by atoms with E-state index in [-0.39, 0.29) is 5.78 Å². The van der Waals surface area contributed by atoms with Crippen LogP contribution in [0.2, 0.25) is 0 Å². The Balaban J connectivity index is 2.22. The molecule has 0 aromatic carbocycles. The van der Waals surface area contributed by atoms with Crippen molar-refractivity contribution in [3.63, 3.8) is 0 Å². The highest BCUT2D eigenvalue weighted by molar-refractivity contribution is 9.10. The molecule has 3 nitrogen and oxygen atoms in total. The van der Waals surface area contributed by atoms with E-state index in [1.165, 1.54) is 0 Å². The summed E-state index contributed by atoms with van der Waals surface area (Å²) in [5.74, 6) is -0.0544. The van der Waals surface area contributed by atoms with E-state index in [0.29, 0.717) is 17.8 Å². The molecule has 2 aromatic heterocycles. The van der Waals surface area contributed by atoms with Crippen LogP contribution in [0, 0.1) is 0 Å². The molecule has 0 radical (unpaired) electrons. The van der Waals surface area contributed by atoms with E-state index >= 15 is 0 Å². The van der Waals surface area contributed by atoms with Gasteiger partial charge >= 0.3 is 0 Å². The molecule has 5 heteroatoms. The number of nitrogens with zero attached hydrogens (tertiary/aromatic N) is 1. The number of Topliss-reactive ketones (excluding diaryl/α,β-unsaturated/α-hetero) is 1. The third-order valence-corrected chi connectivity index (χ3v) is 4.04. The topological polar surface area (TPSA) is 56.0 Å². The van der Waals surface area contributed by atoms with Crippen LogP contribution in [0.5, 0.6) is 0 Å². The molecule has 0 saturated carbocycles. The molecule has 2 aromatic rings. The Kier molecular flexibility index (Phi) is 3.36. The number of carbonyl (C=O) groups is 1. The minimum Gasteiger partial charge on any atom is -0.397 e. The first-order valence-corrected chi connectivity index (χ1v) is 6.31. The zero-order valence-electron chi connectivity index (χ0n) is 8.31. The normalized spacial score (nSPS) is 10.3. The maximum absolute atomic E-state index is 11.9. The van der Waals surface area contributed by atoms with Crippen LogP contribution in [0.4, 0.5) is 5.69 Å². The summed E-state index contributed by atoms with van der Waals surface area (Å²) < 4.78 is 0.959. The molecule has 0 fully saturated rings. The van der Waals surface area contributed by atoms with Crippen LogP contribution < -0.4 is 5.73 Å². The highest BCUT2D eigenvalue weighted by Crippen LogP contribution is 2.24. The van der Waals surface area contributed by atoms with Gasteiger partial charge in [-0.15, -0.1) is 11.3 Å². The van der Waals surface area contributed by atoms with Gasteiger partial charge < -0.3 is 5.73 Å². The first-order valence-electron chi connectivity index (χ1n) is 4.64. The lowest BCUT2D eigenvalue weighted by Crippen LogP contribution is -2.08. The summed E-state index contributed by atoms with van der Waals surface area (Å²) in [5.41, 5.74) is 6.48. The predicted octanol–water partition coefficient (Wildman–Crippen LogP) is 2.91. The van der Waals surface area contributed by atoms with Crippen molar-refractivity contribution in [3.05, 3.63) is 44.8 Å². The summed E-state index contributed by atoms with van der Waals surface area (Å²) in [4.78, 5) is 16.9. The van der Waals surface area contributed by atoms with Gasteiger partial charge in [-0.1, -0.05) is 0 Å². The number of nitrogens with two attached hydrogens (primary N) is 1. The number of hydrogen-bond acceptors (Lipinski definition) is 4. The predicted molar refractivity (Wildman–Crippen MR) is 68.7 cm³/mol. The quantitative estimate of drug-likeness (QED) is 0.886. The third kappa shape index (κ3) is 2.31. The molecule has 0 aliphatic heterocycles. The molecule has 2 heterocycles. The van der Waals surface area contributed by atoms with E-state index in [2.05, 4.69) is 20.9 Å². The molecular weight excluding hydrogens is 288 g/mol. The number of nitrogen functional groups attached to an aromatic ring is 1. The highest BCUT2D eigenvalue weighted by atomic mass is 79.9. The monoisotopic (exact) mass is 296 g/mol. The van der Waals surface area contributed by atoms with Crippen molar-refractivity contribution in [2.45, 2.75) is 6.42 Å². The van der Waals surface area contributed by atoms with Crippen LogP contribution in [0.3, 0.4) is 0 Å². The van der Waals surface area contributed by atoms with Gasteiger partial charge in [0.25, 0.3) is 0 Å². The largest absolute Gasteiger partial charge is 0.397 e. The van der Waals surface area contributed by atoms with Crippen molar-refractivity contribution in [2.75, 3.05) is 5.73 Å². The van der Waals surface area contributed by atoms with Gasteiger partial charge in [0.05, 0.1) is 5.69 Å². The van der Waals surface area contributed by atoms with Crippen LogP contribution in [-0.4, -0.2) is 10.8 Å². The molecule has 0 aliphatic rings. The summed E-state index contributed by atoms with van der Waals surface area (Å²) in [5, 5.41) is 1.94. The molecule has 0 bridgehead atoms. The van der Waals surface area contributed by atoms with Crippen molar-refractivity contribution in [3.8, 4) is 0 Å². The van der Waals surface area contributed by atoms with Gasteiger partial charge in [-0.25, -0.2) is 0 Å². The van der Waals surface area contributed by atoms with Gasteiger partial charge in [-0.2, -0.15) is 0 Å². The lowest BCUT2D eigenvalue weighted by molar-refractivity contribution is 0.0990. The number of carbonyl (C=O) groups excluding carboxylic acids is 1. The average Bonchev–Trinajstić information content (AvgIpc) is 2.65. The van der Waals surface area contributed by atoms with Crippen LogP contribution in [0.1, 0.15) is 15.4 Å². The number of anilines is 1. The van der Waals surface area contributed by atoms with Gasteiger partial charge in [0.1, 0.15) is 5.69 Å². The number of halogens is 1. The van der Waals surface area contributed by atoms with Crippen LogP contribution in [-0.2, 0) is 6.42 Å². The number of rotatable bonds is 3. The Bertz CT molecular complexity index is 524. The Morgan fingerprint density at radius 1 is 1.50 bits per heavy atom. The van der Waals surface area contributed by atoms with E-state index in [9.17, 15) is 4.79 Å². The fraction of sp³-hybridized carbons (Fsp3) is 0.0909. The van der Waals surface area contributed by atoms with Crippen LogP contribution in [0.25, 0.3) is 0 Å². The van der Waals surface area contributed by atoms with E-state index in [0.717, 1.165) is 9.35 Å². The zero-order chi connectivity index (χ0) is 11.5. The van der Waals surface area contributed by atoms with Gasteiger partial charge in [-0.3, -0.25) is 9.78 Å². The standard InChI is InChI=1S/C11H9BrN2OS/c12-7-3-5-16-10(7)6-9(15)11-8(13)2-1-4-14-11/h1-5H,6,13H2. The van der Waals surface area contributed by atoms with E-state index < -0.39 is 0 Å². The first-order chi connectivity index (χ1) is 7.68. The number of thiophene rings is 1. The Morgan fingerprint density at radius 3 is 2.94 bits per heavy atom. The number of hydrogen-bond donors (Lipinski definition) is 1.